The minimum absolute atomic E-state index is 0.00683. The lowest BCUT2D eigenvalue weighted by Gasteiger charge is -2.26. The molecule has 3 fully saturated rings. The van der Waals surface area contributed by atoms with Crippen molar-refractivity contribution in [1.82, 2.24) is 38.9 Å². The zero-order chi connectivity index (χ0) is 32.7. The maximum absolute atomic E-state index is 15.9. The number of imidazole rings is 2. The number of phosphoric ester groups is 1. The number of ether oxygens (including phenoxy) is 2. The fourth-order valence-corrected chi connectivity index (χ4v) is 8.26. The normalized spacial score (nSPS) is 35.1. The van der Waals surface area contributed by atoms with Gasteiger partial charge < -0.3 is 29.5 Å². The molecule has 1 aromatic carbocycles. The molecule has 7 heterocycles. The lowest BCUT2D eigenvalue weighted by atomic mass is 10.1. The predicted molar refractivity (Wildman–Crippen MR) is 158 cm³/mol. The fourth-order valence-electron chi connectivity index (χ4n) is 5.90. The van der Waals surface area contributed by atoms with Crippen molar-refractivity contribution < 1.29 is 51.1 Å². The van der Waals surface area contributed by atoms with Crippen LogP contribution in [0.2, 0.25) is 0 Å². The van der Waals surface area contributed by atoms with Gasteiger partial charge in [0.05, 0.1) is 30.6 Å². The molecule has 2 bridgehead atoms. The molecule has 4 aromatic heterocycles. The number of hydrogen-bond donors (Lipinski definition) is 3. The fraction of sp³-hybridized carbons (Fsp3) is 0.417. The summed E-state index contributed by atoms with van der Waals surface area (Å²) in [7, 11) is -4.87. The average molecular weight is 712 g/mol. The third-order valence-electron chi connectivity index (χ3n) is 8.04. The van der Waals surface area contributed by atoms with Gasteiger partial charge in [-0.25, -0.2) is 28.6 Å². The molecule has 47 heavy (non-hydrogen) atoms. The first kappa shape index (κ1) is 31.0. The predicted octanol–water partition coefficient (Wildman–Crippen LogP) is 1.28. The first-order valence-electron chi connectivity index (χ1n) is 14.0. The first-order valence-corrected chi connectivity index (χ1v) is 18.1. The van der Waals surface area contributed by atoms with Crippen LogP contribution in [0, 0.1) is 0 Å². The van der Waals surface area contributed by atoms with Gasteiger partial charge in [-0.05, 0) is 23.9 Å². The summed E-state index contributed by atoms with van der Waals surface area (Å²) in [6, 6.07) is 4.48. The molecule has 5 aromatic rings. The second-order valence-electron chi connectivity index (χ2n) is 10.9. The smallest absolute Gasteiger partial charge is 0.366 e. The Morgan fingerprint density at radius 2 is 1.85 bits per heavy atom. The van der Waals surface area contributed by atoms with Crippen LogP contribution in [0.1, 0.15) is 29.2 Å². The van der Waals surface area contributed by atoms with Crippen LogP contribution < -0.4 is 5.73 Å². The number of fused-ring (bicyclic) bond motifs is 7. The molecule has 248 valence electrons. The van der Waals surface area contributed by atoms with Crippen LogP contribution in [0.5, 0.6) is 0 Å². The van der Waals surface area contributed by atoms with Crippen LogP contribution in [0.3, 0.4) is 0 Å². The minimum Gasteiger partial charge on any atom is -0.366 e. The summed E-state index contributed by atoms with van der Waals surface area (Å²) >= 11 is 5.25. The number of carbonyl (C=O) groups is 1. The molecule has 0 aliphatic carbocycles. The summed E-state index contributed by atoms with van der Waals surface area (Å²) in [6.45, 7) is -5.50. The van der Waals surface area contributed by atoms with Gasteiger partial charge in [0.2, 0.25) is 0 Å². The second kappa shape index (κ2) is 11.4. The Balaban J connectivity index is 1.09. The third-order valence-corrected chi connectivity index (χ3v) is 10.6. The molecule has 3 unspecified atom stereocenters. The molecule has 23 heteroatoms. The van der Waals surface area contributed by atoms with Crippen LogP contribution in [0.25, 0.3) is 27.8 Å². The lowest BCUT2D eigenvalue weighted by molar-refractivity contribution is -0.0666. The Bertz CT molecular complexity index is 2130. The van der Waals surface area contributed by atoms with E-state index < -0.39 is 76.7 Å². The highest BCUT2D eigenvalue weighted by molar-refractivity contribution is 8.07. The number of phosphoric acid groups is 1. The van der Waals surface area contributed by atoms with E-state index in [-0.39, 0.29) is 23.0 Å². The van der Waals surface area contributed by atoms with Crippen molar-refractivity contribution in [3.05, 3.63) is 48.8 Å². The van der Waals surface area contributed by atoms with Gasteiger partial charge in [0.15, 0.2) is 29.2 Å². The van der Waals surface area contributed by atoms with Gasteiger partial charge >= 0.3 is 14.5 Å². The number of nitrogens with two attached hydrogens (primary N) is 1. The van der Waals surface area contributed by atoms with Crippen LogP contribution in [-0.2, 0) is 43.9 Å². The Morgan fingerprint density at radius 1 is 1.02 bits per heavy atom. The van der Waals surface area contributed by atoms with Crippen LogP contribution in [-0.4, -0.2) is 98.4 Å². The van der Waals surface area contributed by atoms with E-state index >= 15 is 4.39 Å². The molecular weight excluding hydrogens is 687 g/mol. The van der Waals surface area contributed by atoms with Gasteiger partial charge in [-0.1, -0.05) is 11.3 Å². The summed E-state index contributed by atoms with van der Waals surface area (Å²) in [4.78, 5) is 46.8. The summed E-state index contributed by atoms with van der Waals surface area (Å²) in [6.07, 6.45) is -3.31. The van der Waals surface area contributed by atoms with Gasteiger partial charge in [-0.15, -0.1) is 5.10 Å². The molecular formula is C24H24FN9O10P2S. The summed E-state index contributed by atoms with van der Waals surface area (Å²) in [5.74, 6) is -0.771. The molecule has 19 nitrogen and oxygen atoms in total. The Labute approximate surface area is 267 Å². The average Bonchev–Trinajstić information content (AvgIpc) is 3.85. The zero-order valence-corrected chi connectivity index (χ0v) is 26.3. The van der Waals surface area contributed by atoms with Gasteiger partial charge in [-0.2, -0.15) is 0 Å². The highest BCUT2D eigenvalue weighted by Gasteiger charge is 2.52. The number of primary amides is 1. The zero-order valence-electron chi connectivity index (χ0n) is 23.7. The first-order chi connectivity index (χ1) is 22.5. The molecule has 3 aliphatic rings. The maximum Gasteiger partial charge on any atom is 0.472 e. The lowest BCUT2D eigenvalue weighted by Crippen LogP contribution is -2.32. The monoisotopic (exact) mass is 711 g/mol. The van der Waals surface area contributed by atoms with E-state index in [0.29, 0.717) is 16.8 Å². The van der Waals surface area contributed by atoms with Crippen molar-refractivity contribution >= 4 is 60.1 Å². The van der Waals surface area contributed by atoms with E-state index in [4.69, 9.17) is 45.1 Å². The quantitative estimate of drug-likeness (QED) is 0.224. The number of alkyl halides is 1. The Hall–Kier alpha value is -3.33. The van der Waals surface area contributed by atoms with Crippen molar-refractivity contribution in [3.63, 3.8) is 0 Å². The molecule has 8 rings (SSSR count). The number of hydrogen-bond acceptors (Lipinski definition) is 14. The third kappa shape index (κ3) is 5.46. The largest absolute Gasteiger partial charge is 0.472 e. The molecule has 1 amide bonds. The van der Waals surface area contributed by atoms with E-state index in [1.54, 1.807) is 27.7 Å². The molecule has 0 spiro atoms. The molecule has 0 saturated carbocycles. The number of carbonyl (C=O) groups excluding carboxylic acids is 1. The number of aromatic nitrogens is 8. The van der Waals surface area contributed by atoms with Crippen molar-refractivity contribution in [2.24, 2.45) is 5.73 Å². The Kier molecular flexibility index (Phi) is 7.50. The number of nitrogens with zero attached hydrogens (tertiary/aromatic N) is 8. The van der Waals surface area contributed by atoms with Crippen molar-refractivity contribution in [2.75, 3.05) is 13.2 Å². The number of rotatable bonds is 3. The maximum atomic E-state index is 15.9. The van der Waals surface area contributed by atoms with E-state index in [2.05, 4.69) is 25.3 Å². The number of halogens is 1. The van der Waals surface area contributed by atoms with Gasteiger partial charge in [0.1, 0.15) is 42.5 Å². The standard InChI is InChI=1S/C24H24FN9O10P2S/c25-17-15-8-39-45(36,37)43-13-6-16(33-10-28-19-22-27-4-5-32(22)9-29-23(19)33)41-14(13)7-40-46(38,47)44-20(17)24(42-15)34-12-3-1-2-11(21(26)35)18(12)30-31-34/h1-5,9-10,13-17,20,24H,6-8H2,(H2,26,35)(H,36,37)(H,38,47)/t13-,14?,15+,16+,17+,20+,24+,46?/m0/s1. The summed E-state index contributed by atoms with van der Waals surface area (Å²) in [5, 5.41) is 7.98. The number of benzene rings is 1. The topological polar surface area (TPSA) is 235 Å². The number of amides is 1. The van der Waals surface area contributed by atoms with E-state index in [9.17, 15) is 19.1 Å². The van der Waals surface area contributed by atoms with E-state index in [1.807, 2.05) is 0 Å². The second-order valence-corrected chi connectivity index (χ2v) is 15.1. The van der Waals surface area contributed by atoms with Gasteiger partial charge in [-0.3, -0.25) is 27.3 Å². The highest BCUT2D eigenvalue weighted by atomic mass is 32.5. The van der Waals surface area contributed by atoms with Gasteiger partial charge in [0.25, 0.3) is 5.91 Å². The molecule has 3 saturated heterocycles. The van der Waals surface area contributed by atoms with E-state index in [1.165, 1.54) is 24.5 Å². The van der Waals surface area contributed by atoms with Gasteiger partial charge in [0, 0.05) is 18.8 Å². The minimum atomic E-state index is -4.87. The van der Waals surface area contributed by atoms with E-state index in [0.717, 1.165) is 4.68 Å². The molecule has 9 atom stereocenters. The highest BCUT2D eigenvalue weighted by Crippen LogP contribution is 2.54. The van der Waals surface area contributed by atoms with Crippen LogP contribution in [0.15, 0.2) is 43.2 Å². The SMILES string of the molecule is NC(=O)c1cccc2c1nnn2[C@@H]1O[C@@H]2COP(=O)(O)O[C@H]3C[C@H](n4cnc5c4ncn4ccnc54)OC3COP(O)(=S)O[C@@H]1[C@@H]2F. The van der Waals surface area contributed by atoms with Crippen LogP contribution >= 0.6 is 14.5 Å². The molecule has 3 aliphatic heterocycles. The van der Waals surface area contributed by atoms with Crippen molar-refractivity contribution in [2.45, 2.75) is 49.5 Å². The van der Waals surface area contributed by atoms with Crippen molar-refractivity contribution in [1.29, 1.82) is 0 Å². The van der Waals surface area contributed by atoms with Crippen LogP contribution in [0.4, 0.5) is 4.39 Å². The molecule has 0 radical (unpaired) electrons. The summed E-state index contributed by atoms with van der Waals surface area (Å²) < 4.78 is 67.4. The van der Waals surface area contributed by atoms with Crippen molar-refractivity contribution in [3.8, 4) is 0 Å². The molecule has 4 N–H and O–H groups in total. The summed E-state index contributed by atoms with van der Waals surface area (Å²) in [5.41, 5.74) is 7.32. The Morgan fingerprint density at radius 3 is 2.68 bits per heavy atom.